The summed E-state index contributed by atoms with van der Waals surface area (Å²) < 4.78 is 0. The molecule has 0 aliphatic heterocycles. The molecule has 2 rings (SSSR count). The fourth-order valence-electron chi connectivity index (χ4n) is 1.57. The number of hydrogen-bond acceptors (Lipinski definition) is 5. The quantitative estimate of drug-likeness (QED) is 0.883. The van der Waals surface area contributed by atoms with Crippen LogP contribution in [0, 0.1) is 13.8 Å². The first-order valence-electron chi connectivity index (χ1n) is 5.48. The van der Waals surface area contributed by atoms with Crippen molar-refractivity contribution in [3.05, 3.63) is 39.8 Å². The number of nitrogens with zero attached hydrogens (tertiary/aromatic N) is 2. The second kappa shape index (κ2) is 5.24. The zero-order valence-electron chi connectivity index (χ0n) is 10.2. The number of hydrogen-bond donors (Lipinski definition) is 2. The number of amides is 1. The number of anilines is 1. The average Bonchev–Trinajstić information content (AvgIpc) is 2.79. The second-order valence-corrected chi connectivity index (χ2v) is 4.94. The number of aryl methyl sites for hydroxylation is 2. The van der Waals surface area contributed by atoms with Crippen molar-refractivity contribution in [1.82, 2.24) is 9.97 Å². The minimum atomic E-state index is -0.686. The molecule has 0 aliphatic carbocycles. The molecule has 2 heterocycles. The van der Waals surface area contributed by atoms with Crippen molar-refractivity contribution in [2.75, 3.05) is 5.32 Å². The van der Waals surface area contributed by atoms with Crippen LogP contribution in [-0.2, 0) is 4.79 Å². The van der Waals surface area contributed by atoms with Gasteiger partial charge in [0, 0.05) is 16.3 Å². The standard InChI is InChI=1S/C12H14N4OS/c1-7-6-8(2)15-12(14-7)16-11(17)10(13)9-4-3-5-18-9/h3-6,10H,13H2,1-2H3,(H,14,15,16,17). The van der Waals surface area contributed by atoms with Crippen molar-refractivity contribution < 1.29 is 4.79 Å². The summed E-state index contributed by atoms with van der Waals surface area (Å²) in [6.45, 7) is 3.70. The van der Waals surface area contributed by atoms with Crippen LogP contribution in [0.2, 0.25) is 0 Å². The molecule has 5 nitrogen and oxygen atoms in total. The number of carbonyl (C=O) groups excluding carboxylic acids is 1. The van der Waals surface area contributed by atoms with Gasteiger partial charge in [-0.3, -0.25) is 10.1 Å². The van der Waals surface area contributed by atoms with E-state index in [-0.39, 0.29) is 5.91 Å². The molecule has 1 atom stereocenters. The van der Waals surface area contributed by atoms with E-state index in [1.54, 1.807) is 0 Å². The van der Waals surface area contributed by atoms with Crippen LogP contribution in [0.5, 0.6) is 0 Å². The van der Waals surface area contributed by atoms with Crippen molar-refractivity contribution in [3.8, 4) is 0 Å². The molecule has 0 bridgehead atoms. The Labute approximate surface area is 109 Å². The summed E-state index contributed by atoms with van der Waals surface area (Å²) in [6.07, 6.45) is 0. The molecule has 0 spiro atoms. The minimum absolute atomic E-state index is 0.296. The van der Waals surface area contributed by atoms with E-state index < -0.39 is 6.04 Å². The third-order valence-corrected chi connectivity index (χ3v) is 3.30. The van der Waals surface area contributed by atoms with Crippen LogP contribution in [0.4, 0.5) is 5.95 Å². The molecule has 0 aliphatic rings. The Hall–Kier alpha value is -1.79. The topological polar surface area (TPSA) is 80.9 Å². The lowest BCUT2D eigenvalue weighted by Crippen LogP contribution is -2.28. The Morgan fingerprint density at radius 2 is 2.06 bits per heavy atom. The van der Waals surface area contributed by atoms with Crippen LogP contribution >= 0.6 is 11.3 Å². The normalized spacial score (nSPS) is 12.2. The number of aromatic nitrogens is 2. The van der Waals surface area contributed by atoms with E-state index >= 15 is 0 Å². The molecule has 0 aromatic carbocycles. The lowest BCUT2D eigenvalue weighted by Gasteiger charge is -2.10. The van der Waals surface area contributed by atoms with Gasteiger partial charge in [0.05, 0.1) is 0 Å². The highest BCUT2D eigenvalue weighted by molar-refractivity contribution is 7.10. The van der Waals surface area contributed by atoms with Gasteiger partial charge in [0.15, 0.2) is 0 Å². The Balaban J connectivity index is 2.11. The largest absolute Gasteiger partial charge is 0.316 e. The smallest absolute Gasteiger partial charge is 0.249 e. The van der Waals surface area contributed by atoms with Crippen molar-refractivity contribution in [3.63, 3.8) is 0 Å². The summed E-state index contributed by atoms with van der Waals surface area (Å²) in [4.78, 5) is 21.0. The van der Waals surface area contributed by atoms with E-state index in [1.807, 2.05) is 37.4 Å². The van der Waals surface area contributed by atoms with Gasteiger partial charge in [-0.25, -0.2) is 9.97 Å². The molecule has 6 heteroatoms. The van der Waals surface area contributed by atoms with Crippen LogP contribution in [-0.4, -0.2) is 15.9 Å². The maximum atomic E-state index is 11.9. The van der Waals surface area contributed by atoms with Gasteiger partial charge < -0.3 is 5.73 Å². The highest BCUT2D eigenvalue weighted by Gasteiger charge is 2.17. The van der Waals surface area contributed by atoms with Gasteiger partial charge >= 0.3 is 0 Å². The van der Waals surface area contributed by atoms with Crippen molar-refractivity contribution in [2.24, 2.45) is 5.73 Å². The fraction of sp³-hybridized carbons (Fsp3) is 0.250. The summed E-state index contributed by atoms with van der Waals surface area (Å²) in [5, 5.41) is 4.52. The van der Waals surface area contributed by atoms with Crippen LogP contribution in [0.15, 0.2) is 23.6 Å². The van der Waals surface area contributed by atoms with Crippen LogP contribution in [0.1, 0.15) is 22.3 Å². The first kappa shape index (κ1) is 12.7. The second-order valence-electron chi connectivity index (χ2n) is 3.96. The lowest BCUT2D eigenvalue weighted by molar-refractivity contribution is -0.117. The SMILES string of the molecule is Cc1cc(C)nc(NC(=O)C(N)c2cccs2)n1. The first-order chi connectivity index (χ1) is 8.56. The maximum absolute atomic E-state index is 11.9. The van der Waals surface area contributed by atoms with Gasteiger partial charge in [0.25, 0.3) is 0 Å². The molecule has 1 unspecified atom stereocenters. The van der Waals surface area contributed by atoms with Crippen molar-refractivity contribution in [2.45, 2.75) is 19.9 Å². The Morgan fingerprint density at radius 3 is 2.61 bits per heavy atom. The predicted octanol–water partition coefficient (Wildman–Crippen LogP) is 1.79. The molecule has 2 aromatic heterocycles. The van der Waals surface area contributed by atoms with Gasteiger partial charge in [-0.15, -0.1) is 11.3 Å². The maximum Gasteiger partial charge on any atom is 0.249 e. The van der Waals surface area contributed by atoms with Crippen molar-refractivity contribution >= 4 is 23.2 Å². The number of carbonyl (C=O) groups is 1. The highest BCUT2D eigenvalue weighted by atomic mass is 32.1. The van der Waals surface area contributed by atoms with Crippen LogP contribution in [0.25, 0.3) is 0 Å². The van der Waals surface area contributed by atoms with Crippen LogP contribution in [0.3, 0.4) is 0 Å². The third-order valence-electron chi connectivity index (χ3n) is 2.35. The molecule has 3 N–H and O–H groups in total. The van der Waals surface area contributed by atoms with E-state index in [0.29, 0.717) is 5.95 Å². The molecule has 1 amide bonds. The van der Waals surface area contributed by atoms with E-state index in [4.69, 9.17) is 5.73 Å². The summed E-state index contributed by atoms with van der Waals surface area (Å²) in [5.74, 6) is -0.00745. The van der Waals surface area contributed by atoms with E-state index in [2.05, 4.69) is 15.3 Å². The molecule has 0 radical (unpaired) electrons. The number of nitrogens with two attached hydrogens (primary N) is 1. The lowest BCUT2D eigenvalue weighted by atomic mass is 10.2. The number of thiophene rings is 1. The van der Waals surface area contributed by atoms with Gasteiger partial charge in [-0.2, -0.15) is 0 Å². The fourth-order valence-corrected chi connectivity index (χ4v) is 2.29. The summed E-state index contributed by atoms with van der Waals surface area (Å²) >= 11 is 1.45. The molecule has 18 heavy (non-hydrogen) atoms. The summed E-state index contributed by atoms with van der Waals surface area (Å²) in [6, 6.07) is 4.85. The van der Waals surface area contributed by atoms with Crippen LogP contribution < -0.4 is 11.1 Å². The molecule has 0 fully saturated rings. The Morgan fingerprint density at radius 1 is 1.39 bits per heavy atom. The van der Waals surface area contributed by atoms with Gasteiger partial charge in [0.2, 0.25) is 11.9 Å². The molecule has 0 saturated carbocycles. The van der Waals surface area contributed by atoms with Gasteiger partial charge in [0.1, 0.15) is 6.04 Å². The molecule has 2 aromatic rings. The first-order valence-corrected chi connectivity index (χ1v) is 6.36. The minimum Gasteiger partial charge on any atom is -0.316 e. The zero-order valence-corrected chi connectivity index (χ0v) is 11.0. The number of rotatable bonds is 3. The molecular weight excluding hydrogens is 248 g/mol. The summed E-state index contributed by atoms with van der Waals surface area (Å²) in [5.41, 5.74) is 7.47. The molecule has 0 saturated heterocycles. The Bertz CT molecular complexity index is 533. The van der Waals surface area contributed by atoms with E-state index in [0.717, 1.165) is 16.3 Å². The zero-order chi connectivity index (χ0) is 13.1. The number of nitrogens with one attached hydrogen (secondary N) is 1. The highest BCUT2D eigenvalue weighted by Crippen LogP contribution is 2.17. The predicted molar refractivity (Wildman–Crippen MR) is 71.4 cm³/mol. The van der Waals surface area contributed by atoms with Gasteiger partial charge in [-0.1, -0.05) is 6.07 Å². The molecular formula is C12H14N4OS. The third kappa shape index (κ3) is 2.91. The molecule has 94 valence electrons. The Kier molecular flexibility index (Phi) is 3.69. The monoisotopic (exact) mass is 262 g/mol. The van der Waals surface area contributed by atoms with Crippen molar-refractivity contribution in [1.29, 1.82) is 0 Å². The average molecular weight is 262 g/mol. The van der Waals surface area contributed by atoms with E-state index in [9.17, 15) is 4.79 Å². The van der Waals surface area contributed by atoms with Gasteiger partial charge in [-0.05, 0) is 31.4 Å². The summed E-state index contributed by atoms with van der Waals surface area (Å²) in [7, 11) is 0. The van der Waals surface area contributed by atoms with E-state index in [1.165, 1.54) is 11.3 Å².